The lowest BCUT2D eigenvalue weighted by molar-refractivity contribution is 0.281. The summed E-state index contributed by atoms with van der Waals surface area (Å²) < 4.78 is 0. The fourth-order valence-corrected chi connectivity index (χ4v) is 2.66. The van der Waals surface area contributed by atoms with E-state index in [1.165, 1.54) is 0 Å². The smallest absolute Gasteiger partial charge is 0.159 e. The molecule has 0 radical (unpaired) electrons. The maximum absolute atomic E-state index is 6.11. The summed E-state index contributed by atoms with van der Waals surface area (Å²) in [5.41, 5.74) is 1.15. The van der Waals surface area contributed by atoms with Crippen LogP contribution in [0.1, 0.15) is 12.5 Å². The first kappa shape index (κ1) is 15.6. The van der Waals surface area contributed by atoms with E-state index in [1.54, 1.807) is 11.8 Å². The lowest BCUT2D eigenvalue weighted by Crippen LogP contribution is -2.41. The first-order valence-electron chi connectivity index (χ1n) is 5.66. The first-order chi connectivity index (χ1) is 8.29. The van der Waals surface area contributed by atoms with Crippen molar-refractivity contribution in [1.29, 1.82) is 0 Å². The molecule has 2 rings (SSSR count). The van der Waals surface area contributed by atoms with Gasteiger partial charge in [-0.05, 0) is 18.2 Å². The summed E-state index contributed by atoms with van der Waals surface area (Å²) in [5.74, 6) is 0.859. The Morgan fingerprint density at radius 2 is 2.22 bits per heavy atom. The number of aliphatic imine (C=N–C) groups is 1. The molecule has 3 nitrogen and oxygen atoms in total. The number of rotatable bonds is 3. The van der Waals surface area contributed by atoms with E-state index < -0.39 is 0 Å². The Morgan fingerprint density at radius 1 is 1.44 bits per heavy atom. The Hall–Kier alpha value is -0.420. The van der Waals surface area contributed by atoms with Gasteiger partial charge in [-0.1, -0.05) is 48.5 Å². The summed E-state index contributed by atoms with van der Waals surface area (Å²) >= 11 is 7.81. The highest BCUT2D eigenvalue weighted by Gasteiger charge is 2.10. The van der Waals surface area contributed by atoms with E-state index in [-0.39, 0.29) is 12.4 Å². The topological polar surface area (TPSA) is 27.6 Å². The molecule has 1 aliphatic rings. The monoisotopic (exact) mass is 305 g/mol. The number of halogens is 2. The number of nitrogens with one attached hydrogen (secondary N) is 1. The van der Waals surface area contributed by atoms with Gasteiger partial charge >= 0.3 is 0 Å². The van der Waals surface area contributed by atoms with Crippen molar-refractivity contribution in [3.05, 3.63) is 34.9 Å². The van der Waals surface area contributed by atoms with Crippen LogP contribution in [0.5, 0.6) is 0 Å². The molecule has 1 heterocycles. The highest BCUT2D eigenvalue weighted by molar-refractivity contribution is 8.13. The molecule has 0 bridgehead atoms. The maximum atomic E-state index is 6.11. The minimum Gasteiger partial charge on any atom is -0.352 e. The number of benzene rings is 1. The first-order valence-corrected chi connectivity index (χ1v) is 7.03. The Labute approximate surface area is 123 Å². The fourth-order valence-electron chi connectivity index (χ4n) is 1.52. The van der Waals surface area contributed by atoms with Crippen LogP contribution in [-0.2, 0) is 5.75 Å². The van der Waals surface area contributed by atoms with Crippen LogP contribution in [0.25, 0.3) is 0 Å². The van der Waals surface area contributed by atoms with Gasteiger partial charge in [-0.2, -0.15) is 0 Å². The normalized spacial score (nSPS) is 15.6. The van der Waals surface area contributed by atoms with Gasteiger partial charge in [0.1, 0.15) is 0 Å². The molecule has 0 saturated heterocycles. The van der Waals surface area contributed by atoms with Crippen LogP contribution in [0.2, 0.25) is 5.02 Å². The van der Waals surface area contributed by atoms with Gasteiger partial charge in [0.15, 0.2) is 5.17 Å². The van der Waals surface area contributed by atoms with Crippen molar-refractivity contribution in [2.45, 2.75) is 12.7 Å². The quantitative estimate of drug-likeness (QED) is 0.929. The highest BCUT2D eigenvalue weighted by atomic mass is 35.5. The number of hydrogen-bond acceptors (Lipinski definition) is 4. The van der Waals surface area contributed by atoms with E-state index in [0.29, 0.717) is 0 Å². The van der Waals surface area contributed by atoms with Gasteiger partial charge in [0.2, 0.25) is 0 Å². The standard InChI is InChI=1S/C12H16ClN3S.ClH/c1-2-16-8-14-12(15-9-16)17-7-10-5-3-4-6-11(10)13;/h3-6H,2,7-9H2,1H3,(H,14,15);1H. The average molecular weight is 306 g/mol. The second kappa shape index (κ2) is 7.89. The van der Waals surface area contributed by atoms with E-state index in [9.17, 15) is 0 Å². The van der Waals surface area contributed by atoms with Gasteiger partial charge in [-0.15, -0.1) is 12.4 Å². The van der Waals surface area contributed by atoms with Gasteiger partial charge in [0.05, 0.1) is 13.3 Å². The average Bonchev–Trinajstić information content (AvgIpc) is 2.38. The predicted octanol–water partition coefficient (Wildman–Crippen LogP) is 3.19. The maximum Gasteiger partial charge on any atom is 0.159 e. The van der Waals surface area contributed by atoms with Crippen LogP contribution in [-0.4, -0.2) is 29.9 Å². The summed E-state index contributed by atoms with van der Waals surface area (Å²) in [4.78, 5) is 6.71. The number of amidine groups is 1. The van der Waals surface area contributed by atoms with Crippen LogP contribution in [0.15, 0.2) is 29.3 Å². The summed E-state index contributed by atoms with van der Waals surface area (Å²) in [5, 5.41) is 5.14. The van der Waals surface area contributed by atoms with Crippen LogP contribution >= 0.6 is 35.8 Å². The molecule has 1 N–H and O–H groups in total. The van der Waals surface area contributed by atoms with Gasteiger partial charge < -0.3 is 5.32 Å². The van der Waals surface area contributed by atoms with Crippen LogP contribution < -0.4 is 5.32 Å². The highest BCUT2D eigenvalue weighted by Crippen LogP contribution is 2.21. The molecule has 0 aromatic heterocycles. The molecule has 0 unspecified atom stereocenters. The fraction of sp³-hybridized carbons (Fsp3) is 0.417. The molecular formula is C12H17Cl2N3S. The van der Waals surface area contributed by atoms with Crippen LogP contribution in [0.3, 0.4) is 0 Å². The van der Waals surface area contributed by atoms with E-state index in [1.807, 2.05) is 18.2 Å². The number of nitrogens with zero attached hydrogens (tertiary/aromatic N) is 2. The zero-order valence-electron chi connectivity index (χ0n) is 10.2. The molecule has 100 valence electrons. The van der Waals surface area contributed by atoms with Crippen molar-refractivity contribution < 1.29 is 0 Å². The largest absolute Gasteiger partial charge is 0.352 e. The van der Waals surface area contributed by atoms with Crippen molar-refractivity contribution in [2.75, 3.05) is 19.9 Å². The van der Waals surface area contributed by atoms with E-state index in [0.717, 1.165) is 41.4 Å². The van der Waals surface area contributed by atoms with Crippen molar-refractivity contribution in [3.63, 3.8) is 0 Å². The molecule has 0 atom stereocenters. The molecule has 1 aromatic rings. The Balaban J connectivity index is 0.00000162. The Bertz CT molecular complexity index is 412. The zero-order valence-corrected chi connectivity index (χ0v) is 12.6. The van der Waals surface area contributed by atoms with Crippen molar-refractivity contribution >= 4 is 40.9 Å². The lowest BCUT2D eigenvalue weighted by atomic mass is 10.2. The Morgan fingerprint density at radius 3 is 2.83 bits per heavy atom. The van der Waals surface area contributed by atoms with Crippen molar-refractivity contribution in [1.82, 2.24) is 10.2 Å². The SMILES string of the molecule is CCN1CN=C(SCc2ccccc2Cl)NC1.Cl. The van der Waals surface area contributed by atoms with Crippen molar-refractivity contribution in [2.24, 2.45) is 4.99 Å². The van der Waals surface area contributed by atoms with Crippen molar-refractivity contribution in [3.8, 4) is 0 Å². The molecule has 0 aliphatic carbocycles. The number of thioether (sulfide) groups is 1. The minimum atomic E-state index is 0. The van der Waals surface area contributed by atoms with E-state index in [4.69, 9.17) is 11.6 Å². The summed E-state index contributed by atoms with van der Waals surface area (Å²) in [7, 11) is 0. The summed E-state index contributed by atoms with van der Waals surface area (Å²) in [6.07, 6.45) is 0. The second-order valence-corrected chi connectivity index (χ2v) is 5.18. The van der Waals surface area contributed by atoms with Gasteiger partial charge in [0, 0.05) is 10.8 Å². The molecule has 0 amide bonds. The van der Waals surface area contributed by atoms with Crippen LogP contribution in [0.4, 0.5) is 0 Å². The number of hydrogen-bond donors (Lipinski definition) is 1. The van der Waals surface area contributed by atoms with Crippen LogP contribution in [0, 0.1) is 0 Å². The van der Waals surface area contributed by atoms with Gasteiger partial charge in [-0.25, -0.2) is 4.99 Å². The summed E-state index contributed by atoms with van der Waals surface area (Å²) in [6.45, 7) is 4.83. The lowest BCUT2D eigenvalue weighted by Gasteiger charge is -2.25. The molecule has 0 spiro atoms. The van der Waals surface area contributed by atoms with E-state index in [2.05, 4.69) is 28.2 Å². The molecule has 1 aromatic carbocycles. The molecule has 0 fully saturated rings. The van der Waals surface area contributed by atoms with E-state index >= 15 is 0 Å². The van der Waals surface area contributed by atoms with Gasteiger partial charge in [0.25, 0.3) is 0 Å². The predicted molar refractivity (Wildman–Crippen MR) is 82.7 cm³/mol. The minimum absolute atomic E-state index is 0. The molecule has 0 saturated carbocycles. The third-order valence-corrected chi connectivity index (χ3v) is 4.01. The third-order valence-electron chi connectivity index (χ3n) is 2.64. The van der Waals surface area contributed by atoms with Gasteiger partial charge in [-0.3, -0.25) is 4.90 Å². The molecule has 1 aliphatic heterocycles. The molecule has 18 heavy (non-hydrogen) atoms. The third kappa shape index (κ3) is 4.35. The molecular weight excluding hydrogens is 289 g/mol. The Kier molecular flexibility index (Phi) is 6.86. The molecule has 6 heteroatoms. The summed E-state index contributed by atoms with van der Waals surface area (Å²) in [6, 6.07) is 7.94. The zero-order chi connectivity index (χ0) is 12.1. The second-order valence-electron chi connectivity index (χ2n) is 3.81.